The van der Waals surface area contributed by atoms with Gasteiger partial charge in [-0.15, -0.1) is 0 Å². The molecule has 0 aromatic carbocycles. The summed E-state index contributed by atoms with van der Waals surface area (Å²) >= 11 is 0. The molecule has 0 amide bonds. The maximum absolute atomic E-state index is 12.9. The number of carboxylic acid groups (broad SMARTS) is 1. The van der Waals surface area contributed by atoms with Crippen LogP contribution in [0.3, 0.4) is 0 Å². The molecular formula is C32H50O5. The van der Waals surface area contributed by atoms with Crippen LogP contribution in [-0.4, -0.2) is 34.9 Å². The molecule has 0 aromatic heterocycles. The number of aliphatic hydroxyl groups excluding tert-OH is 1. The van der Waals surface area contributed by atoms with E-state index >= 15 is 0 Å². The number of hydrogen-bond donors (Lipinski definition) is 2. The molecule has 5 nitrogen and oxygen atoms in total. The molecule has 2 N–H and O–H groups in total. The van der Waals surface area contributed by atoms with Crippen molar-refractivity contribution >= 4 is 11.9 Å². The molecule has 0 spiro atoms. The van der Waals surface area contributed by atoms with Crippen molar-refractivity contribution < 1.29 is 24.5 Å². The minimum atomic E-state index is -0.631. The first-order valence-electron chi connectivity index (χ1n) is 14.8. The van der Waals surface area contributed by atoms with Crippen LogP contribution in [0.5, 0.6) is 0 Å². The van der Waals surface area contributed by atoms with Crippen LogP contribution in [0.1, 0.15) is 113 Å². The molecule has 4 fully saturated rings. The number of aliphatic carboxylic acids is 1. The van der Waals surface area contributed by atoms with Crippen LogP contribution >= 0.6 is 0 Å². The molecule has 5 aliphatic rings. The minimum Gasteiger partial charge on any atom is -0.481 e. The normalized spacial score (nSPS) is 47.8. The third-order valence-corrected chi connectivity index (χ3v) is 13.3. The van der Waals surface area contributed by atoms with Gasteiger partial charge in [0.2, 0.25) is 0 Å². The van der Waals surface area contributed by atoms with Crippen molar-refractivity contribution in [3.8, 4) is 0 Å². The van der Waals surface area contributed by atoms with E-state index in [2.05, 4.69) is 47.6 Å². The molecule has 8 atom stereocenters. The predicted molar refractivity (Wildman–Crippen MR) is 144 cm³/mol. The number of ether oxygens (including phenoxy) is 1. The summed E-state index contributed by atoms with van der Waals surface area (Å²) in [7, 11) is 0. The fourth-order valence-corrected chi connectivity index (χ4v) is 10.8. The maximum atomic E-state index is 12.9. The molecular weight excluding hydrogens is 464 g/mol. The van der Waals surface area contributed by atoms with E-state index in [4.69, 9.17) is 4.74 Å². The molecule has 5 heteroatoms. The highest BCUT2D eigenvalue weighted by molar-refractivity contribution is 5.76. The number of esters is 1. The Hall–Kier alpha value is -1.36. The Morgan fingerprint density at radius 3 is 2.27 bits per heavy atom. The van der Waals surface area contributed by atoms with E-state index in [0.717, 1.165) is 64.2 Å². The highest BCUT2D eigenvalue weighted by atomic mass is 16.5. The zero-order valence-electron chi connectivity index (χ0n) is 24.3. The summed E-state index contributed by atoms with van der Waals surface area (Å²) in [5.74, 6) is -0.100. The van der Waals surface area contributed by atoms with Crippen molar-refractivity contribution in [1.29, 1.82) is 0 Å². The number of carbonyl (C=O) groups is 2. The molecule has 4 saturated carbocycles. The second kappa shape index (κ2) is 8.32. The molecule has 0 aromatic rings. The molecule has 0 heterocycles. The Morgan fingerprint density at radius 2 is 1.62 bits per heavy atom. The lowest BCUT2D eigenvalue weighted by Gasteiger charge is -2.71. The second-order valence-electron chi connectivity index (χ2n) is 15.6. The van der Waals surface area contributed by atoms with Gasteiger partial charge in [0.05, 0.1) is 18.1 Å². The lowest BCUT2D eigenvalue weighted by molar-refractivity contribution is -0.227. The van der Waals surface area contributed by atoms with Gasteiger partial charge in [0.15, 0.2) is 0 Å². The third kappa shape index (κ3) is 3.57. The zero-order chi connectivity index (χ0) is 27.2. The van der Waals surface area contributed by atoms with E-state index in [1.54, 1.807) is 0 Å². The standard InChI is InChI=1S/C32H50O5/c1-20(33)37-19-32-13-11-25(34)28(4,5)23(32)10-12-30(7)24(32)9-8-21-22-18-27(2,3)14-16-31(22,26(35)36)17-15-29(21,30)6/h8,22-25,34H,9-19H2,1-7H3,(H,35,36)/t22-,23?,24-,25+,29+,30+,31-,32+/m0/s1. The van der Waals surface area contributed by atoms with Gasteiger partial charge in [0.25, 0.3) is 0 Å². The van der Waals surface area contributed by atoms with E-state index in [-0.39, 0.29) is 51.0 Å². The van der Waals surface area contributed by atoms with Gasteiger partial charge in [0.1, 0.15) is 0 Å². The lowest BCUT2D eigenvalue weighted by Crippen LogP contribution is -2.66. The van der Waals surface area contributed by atoms with Gasteiger partial charge in [-0.3, -0.25) is 9.59 Å². The first-order chi connectivity index (χ1) is 17.1. The van der Waals surface area contributed by atoms with Crippen molar-refractivity contribution in [1.82, 2.24) is 0 Å². The topological polar surface area (TPSA) is 83.8 Å². The number of allylic oxidation sites excluding steroid dienone is 2. The first-order valence-corrected chi connectivity index (χ1v) is 14.8. The lowest BCUT2D eigenvalue weighted by atomic mass is 9.33. The Morgan fingerprint density at radius 1 is 0.946 bits per heavy atom. The van der Waals surface area contributed by atoms with Crippen molar-refractivity contribution in [3.63, 3.8) is 0 Å². The number of rotatable bonds is 3. The molecule has 0 saturated heterocycles. The van der Waals surface area contributed by atoms with E-state index in [1.165, 1.54) is 12.5 Å². The van der Waals surface area contributed by atoms with E-state index in [9.17, 15) is 19.8 Å². The average Bonchev–Trinajstić information content (AvgIpc) is 2.80. The Bertz CT molecular complexity index is 1010. The van der Waals surface area contributed by atoms with Gasteiger partial charge < -0.3 is 14.9 Å². The van der Waals surface area contributed by atoms with Crippen molar-refractivity contribution in [2.45, 2.75) is 119 Å². The molecule has 5 rings (SSSR count). The van der Waals surface area contributed by atoms with Crippen molar-refractivity contribution in [3.05, 3.63) is 11.6 Å². The molecule has 5 aliphatic carbocycles. The van der Waals surface area contributed by atoms with E-state index < -0.39 is 11.4 Å². The summed E-state index contributed by atoms with van der Waals surface area (Å²) in [6.07, 6.45) is 11.1. The Labute approximate surface area is 223 Å². The van der Waals surface area contributed by atoms with E-state index in [0.29, 0.717) is 12.5 Å². The highest BCUT2D eigenvalue weighted by Crippen LogP contribution is 2.75. The summed E-state index contributed by atoms with van der Waals surface area (Å²) in [5.41, 5.74) is 0.470. The quantitative estimate of drug-likeness (QED) is 0.320. The molecule has 0 aliphatic heterocycles. The van der Waals surface area contributed by atoms with Crippen molar-refractivity contribution in [2.24, 2.45) is 50.2 Å². The summed E-state index contributed by atoms with van der Waals surface area (Å²) < 4.78 is 5.87. The fourth-order valence-electron chi connectivity index (χ4n) is 10.8. The molecule has 1 unspecified atom stereocenters. The van der Waals surface area contributed by atoms with Crippen LogP contribution in [-0.2, 0) is 14.3 Å². The summed E-state index contributed by atoms with van der Waals surface area (Å²) in [5, 5.41) is 21.6. The summed E-state index contributed by atoms with van der Waals surface area (Å²) in [6, 6.07) is 0. The van der Waals surface area contributed by atoms with Gasteiger partial charge in [-0.2, -0.15) is 0 Å². The second-order valence-corrected chi connectivity index (χ2v) is 15.6. The monoisotopic (exact) mass is 514 g/mol. The van der Waals surface area contributed by atoms with Gasteiger partial charge >= 0.3 is 11.9 Å². The number of carboxylic acids is 1. The van der Waals surface area contributed by atoms with Crippen LogP contribution in [0.25, 0.3) is 0 Å². The van der Waals surface area contributed by atoms with Crippen molar-refractivity contribution in [2.75, 3.05) is 6.61 Å². The zero-order valence-corrected chi connectivity index (χ0v) is 24.3. The fraction of sp³-hybridized carbons (Fsp3) is 0.875. The summed E-state index contributed by atoms with van der Waals surface area (Å²) in [6.45, 7) is 15.9. The smallest absolute Gasteiger partial charge is 0.310 e. The van der Waals surface area contributed by atoms with Crippen LogP contribution in [0, 0.1) is 50.2 Å². The van der Waals surface area contributed by atoms with Crippen LogP contribution in [0.15, 0.2) is 11.6 Å². The van der Waals surface area contributed by atoms with Gasteiger partial charge in [-0.1, -0.05) is 53.2 Å². The van der Waals surface area contributed by atoms with Gasteiger partial charge in [-0.25, -0.2) is 0 Å². The molecule has 0 radical (unpaired) electrons. The van der Waals surface area contributed by atoms with Gasteiger partial charge in [0, 0.05) is 12.3 Å². The molecule has 208 valence electrons. The highest BCUT2D eigenvalue weighted by Gasteiger charge is 2.70. The van der Waals surface area contributed by atoms with E-state index in [1.807, 2.05) is 0 Å². The Kier molecular flexibility index (Phi) is 6.12. The number of carbonyl (C=O) groups excluding carboxylic acids is 1. The molecule has 0 bridgehead atoms. The first kappa shape index (κ1) is 27.2. The van der Waals surface area contributed by atoms with Crippen LogP contribution in [0.4, 0.5) is 0 Å². The number of hydrogen-bond acceptors (Lipinski definition) is 4. The molecule has 37 heavy (non-hydrogen) atoms. The maximum Gasteiger partial charge on any atom is 0.310 e. The largest absolute Gasteiger partial charge is 0.481 e. The summed E-state index contributed by atoms with van der Waals surface area (Å²) in [4.78, 5) is 24.9. The Balaban J connectivity index is 1.63. The van der Waals surface area contributed by atoms with Crippen LogP contribution < -0.4 is 0 Å². The predicted octanol–water partition coefficient (Wildman–Crippen LogP) is 6.78. The number of fused-ring (bicyclic) bond motifs is 7. The SMILES string of the molecule is CC(=O)OC[C@]12CC[C@@H](O)C(C)(C)C1CC[C@]1(C)[C@@H]2CC=C2[C@@H]3CC(C)(C)CC[C@]3(C(=O)O)CC[C@]21C. The number of aliphatic hydroxyl groups is 1. The third-order valence-electron chi connectivity index (χ3n) is 13.3. The van der Waals surface area contributed by atoms with Gasteiger partial charge in [-0.05, 0) is 104 Å². The average molecular weight is 515 g/mol. The minimum absolute atomic E-state index is 0.00163. The van der Waals surface area contributed by atoms with Crippen LogP contribution in [0.2, 0.25) is 0 Å².